The first-order valence-corrected chi connectivity index (χ1v) is 7.45. The number of hydrogen-bond donors (Lipinski definition) is 0. The standard InChI is InChI=1S/C14H19NO3S/c1-3-18-11-5-4-8-15-13(11)19-10-14(6-7-14)9-12(16)17-2/h4-5,8H,3,6-7,9-10H2,1-2H3. The SMILES string of the molecule is CCOc1cccnc1SCC1(CC(=O)OC)CC1. The summed E-state index contributed by atoms with van der Waals surface area (Å²) in [6.07, 6.45) is 4.45. The third kappa shape index (κ3) is 3.86. The van der Waals surface area contributed by atoms with Crippen molar-refractivity contribution in [1.29, 1.82) is 0 Å². The maximum Gasteiger partial charge on any atom is 0.306 e. The molecule has 0 saturated heterocycles. The maximum absolute atomic E-state index is 11.4. The van der Waals surface area contributed by atoms with Crippen molar-refractivity contribution in [3.63, 3.8) is 0 Å². The predicted molar refractivity (Wildman–Crippen MR) is 74.4 cm³/mol. The first kappa shape index (κ1) is 14.2. The minimum absolute atomic E-state index is 0.110. The summed E-state index contributed by atoms with van der Waals surface area (Å²) in [6.45, 7) is 2.59. The topological polar surface area (TPSA) is 48.4 Å². The van der Waals surface area contributed by atoms with Crippen molar-refractivity contribution in [2.24, 2.45) is 5.41 Å². The molecule has 0 spiro atoms. The van der Waals surface area contributed by atoms with Crippen molar-refractivity contribution in [2.75, 3.05) is 19.5 Å². The Labute approximate surface area is 117 Å². The minimum atomic E-state index is -0.121. The lowest BCUT2D eigenvalue weighted by atomic mass is 10.1. The summed E-state index contributed by atoms with van der Waals surface area (Å²) >= 11 is 1.67. The molecule has 1 aromatic rings. The molecule has 19 heavy (non-hydrogen) atoms. The van der Waals surface area contributed by atoms with Crippen molar-refractivity contribution >= 4 is 17.7 Å². The fourth-order valence-electron chi connectivity index (χ4n) is 1.90. The molecule has 1 fully saturated rings. The van der Waals surface area contributed by atoms with E-state index in [1.807, 2.05) is 19.1 Å². The molecule has 0 aliphatic heterocycles. The van der Waals surface area contributed by atoms with Gasteiger partial charge >= 0.3 is 5.97 Å². The second-order valence-corrected chi connectivity index (χ2v) is 5.75. The molecule has 0 atom stereocenters. The van der Waals surface area contributed by atoms with E-state index in [1.165, 1.54) is 7.11 Å². The van der Waals surface area contributed by atoms with E-state index >= 15 is 0 Å². The average molecular weight is 281 g/mol. The normalized spacial score (nSPS) is 15.9. The molecule has 1 saturated carbocycles. The highest BCUT2D eigenvalue weighted by molar-refractivity contribution is 7.99. The maximum atomic E-state index is 11.4. The third-order valence-electron chi connectivity index (χ3n) is 3.26. The Bertz CT molecular complexity index is 446. The summed E-state index contributed by atoms with van der Waals surface area (Å²) in [5.41, 5.74) is 0.110. The Morgan fingerprint density at radius 1 is 1.53 bits per heavy atom. The van der Waals surface area contributed by atoms with Crippen molar-refractivity contribution in [1.82, 2.24) is 4.98 Å². The molecule has 0 amide bonds. The number of rotatable bonds is 7. The van der Waals surface area contributed by atoms with Gasteiger partial charge in [-0.25, -0.2) is 4.98 Å². The molecule has 4 nitrogen and oxygen atoms in total. The number of aromatic nitrogens is 1. The van der Waals surface area contributed by atoms with E-state index in [1.54, 1.807) is 18.0 Å². The van der Waals surface area contributed by atoms with Crippen LogP contribution in [0.5, 0.6) is 5.75 Å². The van der Waals surface area contributed by atoms with Crippen molar-refractivity contribution in [3.05, 3.63) is 18.3 Å². The van der Waals surface area contributed by atoms with Crippen LogP contribution in [-0.4, -0.2) is 30.4 Å². The van der Waals surface area contributed by atoms with Gasteiger partial charge in [-0.15, -0.1) is 11.8 Å². The van der Waals surface area contributed by atoms with Crippen LogP contribution in [0.3, 0.4) is 0 Å². The predicted octanol–water partition coefficient (Wildman–Crippen LogP) is 2.92. The fraction of sp³-hybridized carbons (Fsp3) is 0.571. The minimum Gasteiger partial charge on any atom is -0.491 e. The lowest BCUT2D eigenvalue weighted by Crippen LogP contribution is -2.13. The number of ether oxygens (including phenoxy) is 2. The van der Waals surface area contributed by atoms with Crippen LogP contribution in [0.15, 0.2) is 23.4 Å². The first-order valence-electron chi connectivity index (χ1n) is 6.46. The van der Waals surface area contributed by atoms with Gasteiger partial charge in [-0.05, 0) is 37.3 Å². The Hall–Kier alpha value is -1.23. The zero-order valence-electron chi connectivity index (χ0n) is 11.3. The van der Waals surface area contributed by atoms with E-state index in [-0.39, 0.29) is 11.4 Å². The quantitative estimate of drug-likeness (QED) is 0.568. The molecule has 1 aliphatic rings. The van der Waals surface area contributed by atoms with Gasteiger partial charge in [0.25, 0.3) is 0 Å². The highest BCUT2D eigenvalue weighted by Crippen LogP contribution is 2.52. The smallest absolute Gasteiger partial charge is 0.306 e. The van der Waals surface area contributed by atoms with E-state index in [4.69, 9.17) is 9.47 Å². The zero-order valence-corrected chi connectivity index (χ0v) is 12.2. The van der Waals surface area contributed by atoms with Crippen molar-refractivity contribution < 1.29 is 14.3 Å². The summed E-state index contributed by atoms with van der Waals surface area (Å²) in [5.74, 6) is 1.59. The van der Waals surface area contributed by atoms with Crippen LogP contribution in [0.2, 0.25) is 0 Å². The number of nitrogens with zero attached hydrogens (tertiary/aromatic N) is 1. The second kappa shape index (κ2) is 6.28. The lowest BCUT2D eigenvalue weighted by molar-refractivity contribution is -0.141. The number of methoxy groups -OCH3 is 1. The van der Waals surface area contributed by atoms with E-state index in [0.29, 0.717) is 13.0 Å². The summed E-state index contributed by atoms with van der Waals surface area (Å²) in [5, 5.41) is 0.903. The second-order valence-electron chi connectivity index (χ2n) is 4.78. The van der Waals surface area contributed by atoms with E-state index in [9.17, 15) is 4.79 Å². The Kier molecular flexibility index (Phi) is 4.69. The van der Waals surface area contributed by atoms with Crippen LogP contribution in [-0.2, 0) is 9.53 Å². The van der Waals surface area contributed by atoms with Gasteiger partial charge in [0, 0.05) is 11.9 Å². The molecule has 0 bridgehead atoms. The molecule has 1 heterocycles. The average Bonchev–Trinajstić information content (AvgIpc) is 3.18. The van der Waals surface area contributed by atoms with Crippen molar-refractivity contribution in [3.8, 4) is 5.75 Å². The molecule has 0 aromatic carbocycles. The van der Waals surface area contributed by atoms with Crippen LogP contribution in [0, 0.1) is 5.41 Å². The van der Waals surface area contributed by atoms with Crippen LogP contribution < -0.4 is 4.74 Å². The molecule has 1 aliphatic carbocycles. The Morgan fingerprint density at radius 2 is 2.32 bits per heavy atom. The van der Waals surface area contributed by atoms with Gasteiger partial charge in [0.2, 0.25) is 0 Å². The summed E-state index contributed by atoms with van der Waals surface area (Å²) < 4.78 is 10.3. The highest BCUT2D eigenvalue weighted by atomic mass is 32.2. The Balaban J connectivity index is 1.93. The van der Waals surface area contributed by atoms with Gasteiger partial charge in [-0.1, -0.05) is 0 Å². The largest absolute Gasteiger partial charge is 0.491 e. The summed E-state index contributed by atoms with van der Waals surface area (Å²) in [4.78, 5) is 15.7. The van der Waals surface area contributed by atoms with Gasteiger partial charge in [0.05, 0.1) is 20.1 Å². The van der Waals surface area contributed by atoms with Crippen LogP contribution in [0.25, 0.3) is 0 Å². The molecular weight excluding hydrogens is 262 g/mol. The summed E-state index contributed by atoms with van der Waals surface area (Å²) in [7, 11) is 1.44. The molecule has 1 aromatic heterocycles. The van der Waals surface area contributed by atoms with Gasteiger partial charge in [-0.3, -0.25) is 4.79 Å². The lowest BCUT2D eigenvalue weighted by Gasteiger charge is -2.14. The zero-order chi connectivity index (χ0) is 13.7. The number of esters is 1. The fourth-order valence-corrected chi connectivity index (χ4v) is 3.14. The molecule has 0 radical (unpaired) electrons. The number of pyridine rings is 1. The highest BCUT2D eigenvalue weighted by Gasteiger charge is 2.44. The van der Waals surface area contributed by atoms with E-state index < -0.39 is 0 Å². The number of carbonyl (C=O) groups excluding carboxylic acids is 1. The van der Waals surface area contributed by atoms with E-state index in [0.717, 1.165) is 29.4 Å². The molecule has 5 heteroatoms. The van der Waals surface area contributed by atoms with Crippen LogP contribution in [0.1, 0.15) is 26.2 Å². The summed E-state index contributed by atoms with van der Waals surface area (Å²) in [6, 6.07) is 3.80. The molecule has 0 N–H and O–H groups in total. The van der Waals surface area contributed by atoms with Gasteiger partial charge in [0.1, 0.15) is 5.03 Å². The molecule has 0 unspecified atom stereocenters. The number of hydrogen-bond acceptors (Lipinski definition) is 5. The van der Waals surface area contributed by atoms with Crippen LogP contribution in [0.4, 0.5) is 0 Å². The molecular formula is C14H19NO3S. The van der Waals surface area contributed by atoms with Gasteiger partial charge in [-0.2, -0.15) is 0 Å². The third-order valence-corrected chi connectivity index (χ3v) is 4.59. The molecule has 104 valence electrons. The van der Waals surface area contributed by atoms with Crippen molar-refractivity contribution in [2.45, 2.75) is 31.2 Å². The number of thioether (sulfide) groups is 1. The van der Waals surface area contributed by atoms with Crippen LogP contribution >= 0.6 is 11.8 Å². The monoisotopic (exact) mass is 281 g/mol. The Morgan fingerprint density at radius 3 is 2.95 bits per heavy atom. The number of carbonyl (C=O) groups is 1. The first-order chi connectivity index (χ1) is 9.19. The molecule has 2 rings (SSSR count). The van der Waals surface area contributed by atoms with Gasteiger partial charge < -0.3 is 9.47 Å². The van der Waals surface area contributed by atoms with E-state index in [2.05, 4.69) is 4.98 Å². The van der Waals surface area contributed by atoms with Gasteiger partial charge in [0.15, 0.2) is 5.75 Å².